The molecular weight excluding hydrogens is 1210 g/mol. The molecule has 0 atom stereocenters. The van der Waals surface area contributed by atoms with Gasteiger partial charge in [0.15, 0.2) is 0 Å². The summed E-state index contributed by atoms with van der Waals surface area (Å²) in [5.74, 6) is 0. The Balaban J connectivity index is 0.936. The zero-order chi connectivity index (χ0) is 65.2. The first-order chi connectivity index (χ1) is 48.2. The largest absolute Gasteiger partial charge is 0.417 e. The van der Waals surface area contributed by atoms with Crippen molar-refractivity contribution >= 4 is 131 Å². The highest BCUT2D eigenvalue weighted by molar-refractivity contribution is 6.17. The molecule has 0 aliphatic rings. The Hall–Kier alpha value is -13.4. The molecule has 0 amide bonds. The van der Waals surface area contributed by atoms with Gasteiger partial charge in [0.1, 0.15) is 6.07 Å². The van der Waals surface area contributed by atoms with Crippen molar-refractivity contribution in [1.82, 2.24) is 27.4 Å². The Labute approximate surface area is 556 Å². The number of hydrogen-bond donors (Lipinski definition) is 0. The summed E-state index contributed by atoms with van der Waals surface area (Å²) < 4.78 is 62.7. The molecule has 0 radical (unpaired) electrons. The standard InChI is InChI=1S/C87H49F3N8/c88-87(89,90)72-43-52(50-91)33-38-58(72)71-49-81(97-83-45-54(93-73-25-9-1-17-59(73)60-18-2-10-26-74(60)93)34-39-67(83)68-40-35-55(46-84(68)97)94-75-27-11-3-19-61(75)62-20-4-12-28-76(62)94)53(51-92)44-82(71)98-85-47-56(95-77-29-13-5-21-63(77)64-22-6-14-30-78(64)95)36-41-69(85)70-42-37-57(48-86(70)98)96-79-31-15-7-23-65(79)66-24-8-16-32-80(66)96/h1-49H. The summed E-state index contributed by atoms with van der Waals surface area (Å²) in [7, 11) is 0. The lowest BCUT2D eigenvalue weighted by Gasteiger charge is -2.22. The molecule has 6 aromatic heterocycles. The smallest absolute Gasteiger partial charge is 0.309 e. The van der Waals surface area contributed by atoms with Crippen LogP contribution in [0, 0.1) is 22.7 Å². The van der Waals surface area contributed by atoms with Gasteiger partial charge in [0, 0.05) is 92.9 Å². The van der Waals surface area contributed by atoms with E-state index in [9.17, 15) is 10.5 Å². The molecular formula is C87H49F3N8. The highest BCUT2D eigenvalue weighted by atomic mass is 19.4. The summed E-state index contributed by atoms with van der Waals surface area (Å²) >= 11 is 0. The molecule has 0 fully saturated rings. The molecule has 0 saturated carbocycles. The maximum absolute atomic E-state index is 16.5. The average Bonchev–Trinajstić information content (AvgIpc) is 1.72. The van der Waals surface area contributed by atoms with E-state index in [0.717, 1.165) is 149 Å². The van der Waals surface area contributed by atoms with Gasteiger partial charge in [-0.3, -0.25) is 0 Å². The molecule has 0 bridgehead atoms. The second kappa shape index (κ2) is 20.6. The number of fused-ring (bicyclic) bond motifs is 18. The van der Waals surface area contributed by atoms with E-state index in [0.29, 0.717) is 22.4 Å². The minimum absolute atomic E-state index is 0.141. The molecule has 20 aromatic rings. The van der Waals surface area contributed by atoms with E-state index in [-0.39, 0.29) is 22.3 Å². The molecule has 458 valence electrons. The van der Waals surface area contributed by atoms with Crippen LogP contribution < -0.4 is 0 Å². The first-order valence-electron chi connectivity index (χ1n) is 32.5. The molecule has 0 N–H and O–H groups in total. The van der Waals surface area contributed by atoms with Crippen LogP contribution in [0.2, 0.25) is 0 Å². The van der Waals surface area contributed by atoms with Crippen molar-refractivity contribution in [3.8, 4) is 57.4 Å². The van der Waals surface area contributed by atoms with Crippen molar-refractivity contribution in [2.75, 3.05) is 0 Å². The monoisotopic (exact) mass is 1260 g/mol. The van der Waals surface area contributed by atoms with Crippen molar-refractivity contribution in [1.29, 1.82) is 10.5 Å². The predicted molar refractivity (Wildman–Crippen MR) is 392 cm³/mol. The van der Waals surface area contributed by atoms with E-state index in [4.69, 9.17) is 0 Å². The molecule has 0 unspecified atom stereocenters. The Bertz CT molecular complexity index is 6410. The molecule has 11 heteroatoms. The lowest BCUT2D eigenvalue weighted by Crippen LogP contribution is -2.10. The molecule has 0 saturated heterocycles. The van der Waals surface area contributed by atoms with Gasteiger partial charge in [0.25, 0.3) is 0 Å². The van der Waals surface area contributed by atoms with Gasteiger partial charge < -0.3 is 27.4 Å². The van der Waals surface area contributed by atoms with Crippen molar-refractivity contribution in [2.45, 2.75) is 6.18 Å². The van der Waals surface area contributed by atoms with Crippen LogP contribution in [0.4, 0.5) is 13.2 Å². The first kappa shape index (κ1) is 55.1. The molecule has 0 aliphatic heterocycles. The number of alkyl halides is 3. The van der Waals surface area contributed by atoms with Gasteiger partial charge in [-0.1, -0.05) is 176 Å². The van der Waals surface area contributed by atoms with Gasteiger partial charge in [-0.05, 0) is 127 Å². The average molecular weight is 1260 g/mol. The van der Waals surface area contributed by atoms with Crippen molar-refractivity contribution in [3.63, 3.8) is 0 Å². The second-order valence-electron chi connectivity index (χ2n) is 25.3. The van der Waals surface area contributed by atoms with Crippen molar-refractivity contribution in [2.24, 2.45) is 0 Å². The van der Waals surface area contributed by atoms with E-state index in [1.165, 1.54) is 12.1 Å². The van der Waals surface area contributed by atoms with Crippen LogP contribution >= 0.6 is 0 Å². The highest BCUT2D eigenvalue weighted by Crippen LogP contribution is 2.48. The van der Waals surface area contributed by atoms with Gasteiger partial charge >= 0.3 is 6.18 Å². The third-order valence-corrected chi connectivity index (χ3v) is 20.3. The minimum Gasteiger partial charge on any atom is -0.309 e. The van der Waals surface area contributed by atoms with Gasteiger partial charge in [-0.2, -0.15) is 23.7 Å². The summed E-state index contributed by atoms with van der Waals surface area (Å²) in [6.07, 6.45) is -4.94. The number of nitriles is 2. The Morgan fingerprint density at radius 3 is 0.786 bits per heavy atom. The van der Waals surface area contributed by atoms with Crippen LogP contribution in [0.3, 0.4) is 0 Å². The quantitative estimate of drug-likeness (QED) is 0.159. The van der Waals surface area contributed by atoms with E-state index in [1.54, 1.807) is 12.1 Å². The maximum Gasteiger partial charge on any atom is 0.417 e. The third-order valence-electron chi connectivity index (χ3n) is 20.3. The fourth-order valence-electron chi connectivity index (χ4n) is 16.2. The Kier molecular flexibility index (Phi) is 11.6. The van der Waals surface area contributed by atoms with Crippen LogP contribution in [0.1, 0.15) is 16.7 Å². The SMILES string of the molecule is N#Cc1ccc(-c2cc(-n3c4cc(-n5c6ccccc6c6ccccc65)ccc4c4ccc(-n5c6ccccc6c6ccccc65)cc43)c(C#N)cc2-n2c3cc(-n4c5ccccc5c5ccccc54)ccc3c3ccc(-n4c5ccccc5c5ccccc54)cc32)c(C(F)(F)F)c1. The number of nitrogens with zero attached hydrogens (tertiary/aromatic N) is 8. The maximum atomic E-state index is 16.5. The van der Waals surface area contributed by atoms with Crippen LogP contribution in [-0.4, -0.2) is 27.4 Å². The van der Waals surface area contributed by atoms with Crippen LogP contribution in [0.15, 0.2) is 297 Å². The van der Waals surface area contributed by atoms with E-state index in [1.807, 2.05) is 103 Å². The lowest BCUT2D eigenvalue weighted by molar-refractivity contribution is -0.137. The minimum atomic E-state index is -4.94. The number of benzene rings is 14. The summed E-state index contributed by atoms with van der Waals surface area (Å²) in [5, 5.41) is 34.7. The molecule has 20 rings (SSSR count). The number of hydrogen-bond acceptors (Lipinski definition) is 2. The molecule has 0 aliphatic carbocycles. The Morgan fingerprint density at radius 2 is 0.510 bits per heavy atom. The van der Waals surface area contributed by atoms with Crippen LogP contribution in [0.5, 0.6) is 0 Å². The number of halogens is 3. The molecule has 14 aromatic carbocycles. The van der Waals surface area contributed by atoms with Crippen LogP contribution in [-0.2, 0) is 6.18 Å². The summed E-state index contributed by atoms with van der Waals surface area (Å²) in [6, 6.07) is 104. The van der Waals surface area contributed by atoms with Crippen molar-refractivity contribution < 1.29 is 13.2 Å². The van der Waals surface area contributed by atoms with E-state index in [2.05, 4.69) is 203 Å². The zero-order valence-electron chi connectivity index (χ0n) is 52.0. The summed E-state index contributed by atoms with van der Waals surface area (Å²) in [5.41, 5.74) is 14.0. The fraction of sp³-hybridized carbons (Fsp3) is 0.0115. The Morgan fingerprint density at radius 1 is 0.235 bits per heavy atom. The summed E-state index contributed by atoms with van der Waals surface area (Å²) in [6.45, 7) is 0. The second-order valence-corrected chi connectivity index (χ2v) is 25.3. The topological polar surface area (TPSA) is 77.2 Å². The highest BCUT2D eigenvalue weighted by Gasteiger charge is 2.36. The molecule has 0 spiro atoms. The number of para-hydroxylation sites is 8. The first-order valence-corrected chi connectivity index (χ1v) is 32.5. The van der Waals surface area contributed by atoms with Crippen molar-refractivity contribution in [3.05, 3.63) is 314 Å². The molecule has 8 nitrogen and oxygen atoms in total. The fourth-order valence-corrected chi connectivity index (χ4v) is 16.2. The third kappa shape index (κ3) is 7.81. The number of rotatable bonds is 7. The lowest BCUT2D eigenvalue weighted by atomic mass is 9.93. The van der Waals surface area contributed by atoms with Gasteiger partial charge in [-0.15, -0.1) is 0 Å². The van der Waals surface area contributed by atoms with E-state index < -0.39 is 11.7 Å². The van der Waals surface area contributed by atoms with Gasteiger partial charge in [0.2, 0.25) is 0 Å². The molecule has 6 heterocycles. The summed E-state index contributed by atoms with van der Waals surface area (Å²) in [4.78, 5) is 0. The zero-order valence-corrected chi connectivity index (χ0v) is 52.0. The van der Waals surface area contributed by atoms with E-state index >= 15 is 13.2 Å². The predicted octanol–water partition coefficient (Wildman–Crippen LogP) is 22.7. The molecule has 98 heavy (non-hydrogen) atoms. The van der Waals surface area contributed by atoms with Gasteiger partial charge in [-0.25, -0.2) is 0 Å². The normalized spacial score (nSPS) is 12.2. The number of aromatic nitrogens is 6. The van der Waals surface area contributed by atoms with Gasteiger partial charge in [0.05, 0.1) is 100 Å². The van der Waals surface area contributed by atoms with Crippen LogP contribution in [0.25, 0.3) is 176 Å².